The summed E-state index contributed by atoms with van der Waals surface area (Å²) < 4.78 is 12.0. The zero-order valence-electron chi connectivity index (χ0n) is 12.9. The van der Waals surface area contributed by atoms with Crippen LogP contribution >= 0.6 is 0 Å². The van der Waals surface area contributed by atoms with Crippen LogP contribution in [0.1, 0.15) is 16.1 Å². The van der Waals surface area contributed by atoms with Gasteiger partial charge in [0.05, 0.1) is 19.7 Å². The number of ether oxygens (including phenoxy) is 2. The first kappa shape index (κ1) is 15.0. The van der Waals surface area contributed by atoms with Crippen molar-refractivity contribution in [2.45, 2.75) is 6.54 Å². The molecule has 0 unspecified atom stereocenters. The fraction of sp³-hybridized carbons (Fsp3) is 0.167. The average molecular weight is 311 g/mol. The highest BCUT2D eigenvalue weighted by molar-refractivity contribution is 5.98. The fourth-order valence-corrected chi connectivity index (χ4v) is 2.69. The monoisotopic (exact) mass is 311 g/mol. The second-order valence-electron chi connectivity index (χ2n) is 5.17. The summed E-state index contributed by atoms with van der Waals surface area (Å²) in [5.74, 6) is 0.161. The van der Waals surface area contributed by atoms with Gasteiger partial charge in [-0.25, -0.2) is 4.79 Å². The topological polar surface area (TPSA) is 60.7 Å². The van der Waals surface area contributed by atoms with Crippen molar-refractivity contribution in [1.29, 1.82) is 0 Å². The minimum Gasteiger partial charge on any atom is -0.508 e. The lowest BCUT2D eigenvalue weighted by atomic mass is 10.2. The number of benzene rings is 2. The fourth-order valence-electron chi connectivity index (χ4n) is 2.69. The summed E-state index contributed by atoms with van der Waals surface area (Å²) in [6, 6.07) is 14.6. The van der Waals surface area contributed by atoms with Gasteiger partial charge >= 0.3 is 5.97 Å². The van der Waals surface area contributed by atoms with Gasteiger partial charge in [0, 0.05) is 24.1 Å². The molecule has 0 aliphatic carbocycles. The number of methoxy groups -OCH3 is 2. The Morgan fingerprint density at radius 1 is 1.13 bits per heavy atom. The standard InChI is InChI=1S/C18H17NO4/c1-22-17-9-13(20)8-15-14(17)10-16(18(21)23-2)19(15)11-12-6-4-3-5-7-12/h3-10,20H,11H2,1-2H3. The van der Waals surface area contributed by atoms with Crippen LogP contribution in [0, 0.1) is 0 Å². The van der Waals surface area contributed by atoms with E-state index in [9.17, 15) is 9.90 Å². The molecule has 118 valence electrons. The van der Waals surface area contributed by atoms with Gasteiger partial charge in [0.15, 0.2) is 0 Å². The number of hydrogen-bond acceptors (Lipinski definition) is 4. The zero-order chi connectivity index (χ0) is 16.4. The quantitative estimate of drug-likeness (QED) is 0.752. The second-order valence-corrected chi connectivity index (χ2v) is 5.17. The Morgan fingerprint density at radius 3 is 2.52 bits per heavy atom. The number of phenolic OH excluding ortho intramolecular Hbond substituents is 1. The molecule has 1 aromatic heterocycles. The van der Waals surface area contributed by atoms with E-state index >= 15 is 0 Å². The Balaban J connectivity index is 2.23. The predicted molar refractivity (Wildman–Crippen MR) is 87.0 cm³/mol. The molecule has 0 aliphatic heterocycles. The first-order valence-corrected chi connectivity index (χ1v) is 7.16. The SMILES string of the molecule is COC(=O)c1cc2c(OC)cc(O)cc2n1Cc1ccccc1. The molecule has 0 atom stereocenters. The third-order valence-corrected chi connectivity index (χ3v) is 3.77. The van der Waals surface area contributed by atoms with Crippen LogP contribution in [0.5, 0.6) is 11.5 Å². The maximum absolute atomic E-state index is 12.1. The first-order chi connectivity index (χ1) is 11.1. The molecule has 3 rings (SSSR count). The molecule has 0 fully saturated rings. The van der Waals surface area contributed by atoms with Crippen molar-refractivity contribution in [2.75, 3.05) is 14.2 Å². The van der Waals surface area contributed by atoms with E-state index in [4.69, 9.17) is 9.47 Å². The molecule has 0 spiro atoms. The normalized spacial score (nSPS) is 10.7. The van der Waals surface area contributed by atoms with E-state index in [1.165, 1.54) is 20.3 Å². The zero-order valence-corrected chi connectivity index (χ0v) is 12.9. The molecule has 5 heteroatoms. The van der Waals surface area contributed by atoms with E-state index in [0.717, 1.165) is 10.9 Å². The van der Waals surface area contributed by atoms with Gasteiger partial charge in [0.2, 0.25) is 0 Å². The maximum Gasteiger partial charge on any atom is 0.354 e. The van der Waals surface area contributed by atoms with Gasteiger partial charge in [0.1, 0.15) is 17.2 Å². The van der Waals surface area contributed by atoms with Crippen LogP contribution in [-0.4, -0.2) is 29.9 Å². The molecule has 0 saturated heterocycles. The largest absolute Gasteiger partial charge is 0.508 e. The highest BCUT2D eigenvalue weighted by Crippen LogP contribution is 2.33. The number of esters is 1. The second kappa shape index (κ2) is 6.04. The molecule has 0 bridgehead atoms. The maximum atomic E-state index is 12.1. The summed E-state index contributed by atoms with van der Waals surface area (Å²) in [5, 5.41) is 10.7. The number of aromatic hydroxyl groups is 1. The van der Waals surface area contributed by atoms with Crippen molar-refractivity contribution in [3.63, 3.8) is 0 Å². The smallest absolute Gasteiger partial charge is 0.354 e. The van der Waals surface area contributed by atoms with Gasteiger partial charge in [-0.15, -0.1) is 0 Å². The summed E-state index contributed by atoms with van der Waals surface area (Å²) in [7, 11) is 2.88. The van der Waals surface area contributed by atoms with Gasteiger partial charge in [-0.2, -0.15) is 0 Å². The van der Waals surface area contributed by atoms with Crippen molar-refractivity contribution < 1.29 is 19.4 Å². The Morgan fingerprint density at radius 2 is 1.87 bits per heavy atom. The molecule has 1 N–H and O–H groups in total. The number of carbonyl (C=O) groups is 1. The number of rotatable bonds is 4. The molecular weight excluding hydrogens is 294 g/mol. The number of hydrogen-bond donors (Lipinski definition) is 1. The summed E-state index contributed by atoms with van der Waals surface area (Å²) in [5.41, 5.74) is 2.17. The average Bonchev–Trinajstić information content (AvgIpc) is 2.93. The van der Waals surface area contributed by atoms with Crippen molar-refractivity contribution in [1.82, 2.24) is 4.57 Å². The molecule has 0 amide bonds. The van der Waals surface area contributed by atoms with Crippen molar-refractivity contribution in [3.8, 4) is 11.5 Å². The van der Waals surface area contributed by atoms with E-state index in [1.54, 1.807) is 12.1 Å². The molecule has 5 nitrogen and oxygen atoms in total. The van der Waals surface area contributed by atoms with Crippen LogP contribution in [0.15, 0.2) is 48.5 Å². The lowest BCUT2D eigenvalue weighted by Gasteiger charge is -2.10. The van der Waals surface area contributed by atoms with Gasteiger partial charge in [-0.3, -0.25) is 0 Å². The molecule has 0 saturated carbocycles. The van der Waals surface area contributed by atoms with Crippen LogP contribution in [0.2, 0.25) is 0 Å². The first-order valence-electron chi connectivity index (χ1n) is 7.16. The molecular formula is C18H17NO4. The Bertz CT molecular complexity index is 852. The number of phenols is 1. The Labute approximate surface area is 133 Å². The van der Waals surface area contributed by atoms with Crippen molar-refractivity contribution in [2.24, 2.45) is 0 Å². The molecule has 0 radical (unpaired) electrons. The highest BCUT2D eigenvalue weighted by Gasteiger charge is 2.19. The number of nitrogens with zero attached hydrogens (tertiary/aromatic N) is 1. The Hall–Kier alpha value is -2.95. The minimum atomic E-state index is -0.432. The van der Waals surface area contributed by atoms with Crippen LogP contribution in [0.4, 0.5) is 0 Å². The van der Waals surface area contributed by atoms with Crippen LogP contribution in [0.3, 0.4) is 0 Å². The molecule has 1 heterocycles. The third kappa shape index (κ3) is 2.73. The van der Waals surface area contributed by atoms with E-state index in [0.29, 0.717) is 23.5 Å². The molecule has 2 aromatic carbocycles. The predicted octanol–water partition coefficient (Wildman–Crippen LogP) is 3.19. The summed E-state index contributed by atoms with van der Waals surface area (Å²) >= 11 is 0. The number of fused-ring (bicyclic) bond motifs is 1. The van der Waals surface area contributed by atoms with Gasteiger partial charge in [-0.1, -0.05) is 30.3 Å². The summed E-state index contributed by atoms with van der Waals surface area (Å²) in [4.78, 5) is 12.1. The van der Waals surface area contributed by atoms with Crippen molar-refractivity contribution >= 4 is 16.9 Å². The lowest BCUT2D eigenvalue weighted by molar-refractivity contribution is 0.0589. The Kier molecular flexibility index (Phi) is 3.93. The summed E-state index contributed by atoms with van der Waals surface area (Å²) in [6.45, 7) is 0.487. The molecule has 3 aromatic rings. The van der Waals surface area contributed by atoms with E-state index in [-0.39, 0.29) is 5.75 Å². The van der Waals surface area contributed by atoms with Crippen molar-refractivity contribution in [3.05, 3.63) is 59.8 Å². The van der Waals surface area contributed by atoms with Gasteiger partial charge in [0.25, 0.3) is 0 Å². The number of aromatic nitrogens is 1. The van der Waals surface area contributed by atoms with Crippen LogP contribution in [-0.2, 0) is 11.3 Å². The van der Waals surface area contributed by atoms with Crippen LogP contribution < -0.4 is 4.74 Å². The number of carbonyl (C=O) groups excluding carboxylic acids is 1. The molecule has 23 heavy (non-hydrogen) atoms. The highest BCUT2D eigenvalue weighted by atomic mass is 16.5. The summed E-state index contributed by atoms with van der Waals surface area (Å²) in [6.07, 6.45) is 0. The molecule has 0 aliphatic rings. The van der Waals surface area contributed by atoms with E-state index < -0.39 is 5.97 Å². The third-order valence-electron chi connectivity index (χ3n) is 3.77. The van der Waals surface area contributed by atoms with Crippen LogP contribution in [0.25, 0.3) is 10.9 Å². The van der Waals surface area contributed by atoms with Gasteiger partial charge in [-0.05, 0) is 11.6 Å². The van der Waals surface area contributed by atoms with Gasteiger partial charge < -0.3 is 19.1 Å². The van der Waals surface area contributed by atoms with E-state index in [1.807, 2.05) is 34.9 Å². The van der Waals surface area contributed by atoms with E-state index in [2.05, 4.69) is 0 Å². The minimum absolute atomic E-state index is 0.0816. The lowest BCUT2D eigenvalue weighted by Crippen LogP contribution is -2.11.